The van der Waals surface area contributed by atoms with E-state index in [4.69, 9.17) is 5.11 Å². The molecule has 1 aliphatic carbocycles. The Balaban J connectivity index is 2.35. The summed E-state index contributed by atoms with van der Waals surface area (Å²) in [6.07, 6.45) is 0.825. The highest BCUT2D eigenvalue weighted by atomic mass is 16.4. The van der Waals surface area contributed by atoms with Gasteiger partial charge in [-0.1, -0.05) is 13.0 Å². The molecule has 98 valence electrons. The number of fused-ring (bicyclic) bond motifs is 1. The van der Waals surface area contributed by atoms with Gasteiger partial charge in [-0.05, 0) is 43.4 Å². The van der Waals surface area contributed by atoms with Crippen molar-refractivity contribution in [1.82, 2.24) is 5.32 Å². The highest BCUT2D eigenvalue weighted by Crippen LogP contribution is 2.45. The fourth-order valence-corrected chi connectivity index (χ4v) is 2.87. The Labute approximate surface area is 107 Å². The Kier molecular flexibility index (Phi) is 3.30. The van der Waals surface area contributed by atoms with E-state index < -0.39 is 12.0 Å². The first-order chi connectivity index (χ1) is 8.41. The van der Waals surface area contributed by atoms with E-state index in [1.165, 1.54) is 0 Å². The lowest BCUT2D eigenvalue weighted by molar-refractivity contribution is -0.139. The van der Waals surface area contributed by atoms with Gasteiger partial charge in [0.15, 0.2) is 0 Å². The van der Waals surface area contributed by atoms with Crippen molar-refractivity contribution in [3.05, 3.63) is 28.8 Å². The second-order valence-electron chi connectivity index (χ2n) is 5.14. The van der Waals surface area contributed by atoms with Crippen LogP contribution in [0.1, 0.15) is 48.9 Å². The summed E-state index contributed by atoms with van der Waals surface area (Å²) in [5.74, 6) is -0.274. The molecule has 0 saturated heterocycles. The molecule has 4 heteroatoms. The van der Waals surface area contributed by atoms with Gasteiger partial charge in [0.25, 0.3) is 0 Å². The van der Waals surface area contributed by atoms with Crippen LogP contribution in [0.15, 0.2) is 12.1 Å². The summed E-state index contributed by atoms with van der Waals surface area (Å²) in [7, 11) is 0. The Morgan fingerprint density at radius 3 is 2.72 bits per heavy atom. The van der Waals surface area contributed by atoms with Gasteiger partial charge in [-0.25, -0.2) is 0 Å². The first kappa shape index (κ1) is 12.9. The molecule has 0 heterocycles. The summed E-state index contributed by atoms with van der Waals surface area (Å²) in [5, 5.41) is 22.0. The molecule has 0 aliphatic heterocycles. The van der Waals surface area contributed by atoms with Gasteiger partial charge < -0.3 is 10.2 Å². The van der Waals surface area contributed by atoms with E-state index in [1.807, 2.05) is 13.0 Å². The minimum absolute atomic E-state index is 0.0824. The molecule has 0 spiro atoms. The first-order valence-electron chi connectivity index (χ1n) is 6.23. The minimum atomic E-state index is -0.872. The maximum atomic E-state index is 10.9. The van der Waals surface area contributed by atoms with Crippen molar-refractivity contribution in [3.8, 4) is 5.75 Å². The van der Waals surface area contributed by atoms with E-state index in [2.05, 4.69) is 12.2 Å². The summed E-state index contributed by atoms with van der Waals surface area (Å²) in [6, 6.07) is 2.90. The minimum Gasteiger partial charge on any atom is -0.508 e. The highest BCUT2D eigenvalue weighted by Gasteiger charge is 2.33. The number of hydrogen-bond donors (Lipinski definition) is 3. The number of phenols is 1. The largest absolute Gasteiger partial charge is 0.508 e. The summed E-state index contributed by atoms with van der Waals surface area (Å²) in [4.78, 5) is 10.9. The lowest BCUT2D eigenvalue weighted by Crippen LogP contribution is -2.35. The van der Waals surface area contributed by atoms with E-state index in [1.54, 1.807) is 13.0 Å². The molecule has 2 rings (SSSR count). The summed E-state index contributed by atoms with van der Waals surface area (Å²) >= 11 is 0. The van der Waals surface area contributed by atoms with Gasteiger partial charge in [-0.2, -0.15) is 0 Å². The molecular weight excluding hydrogens is 230 g/mol. The van der Waals surface area contributed by atoms with Crippen LogP contribution in [0.25, 0.3) is 0 Å². The van der Waals surface area contributed by atoms with Crippen molar-refractivity contribution in [2.24, 2.45) is 0 Å². The van der Waals surface area contributed by atoms with Crippen LogP contribution in [0, 0.1) is 6.92 Å². The molecule has 3 unspecified atom stereocenters. The predicted octanol–water partition coefficient (Wildman–Crippen LogP) is 2.31. The molecule has 1 aliphatic rings. The number of phenolic OH excluding ortho intramolecular Hbond substituents is 1. The second kappa shape index (κ2) is 4.61. The van der Waals surface area contributed by atoms with Crippen LogP contribution < -0.4 is 5.32 Å². The predicted molar refractivity (Wildman–Crippen MR) is 68.9 cm³/mol. The molecule has 3 atom stereocenters. The van der Waals surface area contributed by atoms with Gasteiger partial charge in [0.05, 0.1) is 0 Å². The van der Waals surface area contributed by atoms with Crippen molar-refractivity contribution in [1.29, 1.82) is 0 Å². The Hall–Kier alpha value is -1.55. The maximum Gasteiger partial charge on any atom is 0.320 e. The number of aryl methyl sites for hydroxylation is 1. The summed E-state index contributed by atoms with van der Waals surface area (Å²) < 4.78 is 0. The fourth-order valence-electron chi connectivity index (χ4n) is 2.87. The third-order valence-electron chi connectivity index (χ3n) is 3.73. The SMILES string of the molecule is Cc1ccc(O)c2c1C(C)CC2NC(C)C(=O)O. The molecule has 3 N–H and O–H groups in total. The summed E-state index contributed by atoms with van der Waals surface area (Å²) in [6.45, 7) is 5.76. The van der Waals surface area contributed by atoms with Crippen LogP contribution in [0.5, 0.6) is 5.75 Å². The number of carboxylic acid groups (broad SMARTS) is 1. The zero-order valence-electron chi connectivity index (χ0n) is 10.9. The molecule has 0 fully saturated rings. The Bertz CT molecular complexity index is 484. The molecule has 0 saturated carbocycles. The zero-order chi connectivity index (χ0) is 13.4. The van der Waals surface area contributed by atoms with Crippen LogP contribution in [0.3, 0.4) is 0 Å². The average molecular weight is 249 g/mol. The third-order valence-corrected chi connectivity index (χ3v) is 3.73. The maximum absolute atomic E-state index is 10.9. The summed E-state index contributed by atoms with van der Waals surface area (Å²) in [5.41, 5.74) is 3.18. The molecule has 1 aromatic rings. The van der Waals surface area contributed by atoms with Gasteiger partial charge in [0.1, 0.15) is 11.8 Å². The van der Waals surface area contributed by atoms with Crippen molar-refractivity contribution in [2.75, 3.05) is 0 Å². The molecule has 0 radical (unpaired) electrons. The van der Waals surface area contributed by atoms with E-state index in [9.17, 15) is 9.90 Å². The van der Waals surface area contributed by atoms with Crippen LogP contribution >= 0.6 is 0 Å². The number of aromatic hydroxyl groups is 1. The normalized spacial score (nSPS) is 23.7. The number of carboxylic acids is 1. The average Bonchev–Trinajstić information content (AvgIpc) is 2.62. The number of rotatable bonds is 3. The fraction of sp³-hybridized carbons (Fsp3) is 0.500. The molecule has 18 heavy (non-hydrogen) atoms. The van der Waals surface area contributed by atoms with E-state index >= 15 is 0 Å². The molecule has 0 aromatic heterocycles. The van der Waals surface area contributed by atoms with Crippen LogP contribution in [0.4, 0.5) is 0 Å². The van der Waals surface area contributed by atoms with Crippen LogP contribution in [0.2, 0.25) is 0 Å². The molecule has 0 amide bonds. The monoisotopic (exact) mass is 249 g/mol. The first-order valence-corrected chi connectivity index (χ1v) is 6.23. The van der Waals surface area contributed by atoms with Crippen molar-refractivity contribution in [2.45, 2.75) is 45.2 Å². The Morgan fingerprint density at radius 2 is 2.11 bits per heavy atom. The van der Waals surface area contributed by atoms with Gasteiger partial charge in [0.2, 0.25) is 0 Å². The van der Waals surface area contributed by atoms with Crippen molar-refractivity contribution in [3.63, 3.8) is 0 Å². The zero-order valence-corrected chi connectivity index (χ0v) is 10.9. The van der Waals surface area contributed by atoms with Crippen molar-refractivity contribution >= 4 is 5.97 Å². The molecule has 0 bridgehead atoms. The molecular formula is C14H19NO3. The highest BCUT2D eigenvalue weighted by molar-refractivity contribution is 5.73. The van der Waals surface area contributed by atoms with Gasteiger partial charge in [-0.3, -0.25) is 10.1 Å². The number of benzene rings is 1. The van der Waals surface area contributed by atoms with E-state index in [0.29, 0.717) is 5.92 Å². The standard InChI is InChI=1S/C14H19NO3/c1-7-4-5-11(16)13-10(6-8(2)12(7)13)15-9(3)14(17)18/h4-5,8-10,15-16H,6H2,1-3H3,(H,17,18). The quantitative estimate of drug-likeness (QED) is 0.769. The number of nitrogens with one attached hydrogen (secondary N) is 1. The van der Waals surface area contributed by atoms with Crippen LogP contribution in [-0.4, -0.2) is 22.2 Å². The number of carbonyl (C=O) groups is 1. The lowest BCUT2D eigenvalue weighted by atomic mass is 9.97. The second-order valence-corrected chi connectivity index (χ2v) is 5.14. The Morgan fingerprint density at radius 1 is 1.44 bits per heavy atom. The molecule has 4 nitrogen and oxygen atoms in total. The number of hydrogen-bond acceptors (Lipinski definition) is 3. The third kappa shape index (κ3) is 2.08. The van der Waals surface area contributed by atoms with Gasteiger partial charge in [0, 0.05) is 11.6 Å². The van der Waals surface area contributed by atoms with Gasteiger partial charge >= 0.3 is 5.97 Å². The number of aliphatic carboxylic acids is 1. The van der Waals surface area contributed by atoms with Gasteiger partial charge in [-0.15, -0.1) is 0 Å². The lowest BCUT2D eigenvalue weighted by Gasteiger charge is -2.18. The topological polar surface area (TPSA) is 69.6 Å². The van der Waals surface area contributed by atoms with Crippen LogP contribution in [-0.2, 0) is 4.79 Å². The van der Waals surface area contributed by atoms with E-state index in [0.717, 1.165) is 23.1 Å². The van der Waals surface area contributed by atoms with E-state index in [-0.39, 0.29) is 11.8 Å². The van der Waals surface area contributed by atoms with Crippen molar-refractivity contribution < 1.29 is 15.0 Å². The molecule has 1 aromatic carbocycles. The smallest absolute Gasteiger partial charge is 0.320 e.